The minimum Gasteiger partial charge on any atom is -0.497 e. The first-order valence-electron chi connectivity index (χ1n) is 6.39. The van der Waals surface area contributed by atoms with Gasteiger partial charge in [-0.25, -0.2) is 0 Å². The Labute approximate surface area is 114 Å². The molecular weight excluding hydrogens is 244 g/mol. The molecule has 0 radical (unpaired) electrons. The van der Waals surface area contributed by atoms with Gasteiger partial charge in [0.25, 0.3) is 0 Å². The zero-order valence-corrected chi connectivity index (χ0v) is 11.8. The van der Waals surface area contributed by atoms with Crippen LogP contribution in [0, 0.1) is 5.92 Å². The molecule has 0 amide bonds. The summed E-state index contributed by atoms with van der Waals surface area (Å²) in [6, 6.07) is 7.84. The zero-order chi connectivity index (χ0) is 13.0. The Morgan fingerprint density at radius 1 is 1.39 bits per heavy atom. The molecule has 98 valence electrons. The number of anilines is 1. The molecule has 0 spiro atoms. The van der Waals surface area contributed by atoms with Crippen LogP contribution in [0.4, 0.5) is 5.69 Å². The molecule has 1 unspecified atom stereocenters. The first kappa shape index (κ1) is 13.1. The van der Waals surface area contributed by atoms with Crippen molar-refractivity contribution in [2.75, 3.05) is 25.5 Å². The third-order valence-corrected chi connectivity index (χ3v) is 3.65. The highest BCUT2D eigenvalue weighted by Gasteiger charge is 2.18. The summed E-state index contributed by atoms with van der Waals surface area (Å²) in [5, 5.41) is 4.11. The Morgan fingerprint density at radius 2 is 2.11 bits per heavy atom. The Hall–Kier alpha value is -1.29. The van der Waals surface area contributed by atoms with Crippen molar-refractivity contribution in [1.82, 2.24) is 4.90 Å². The summed E-state index contributed by atoms with van der Waals surface area (Å²) in [6.07, 6.45) is 2.53. The monoisotopic (exact) mass is 264 g/mol. The molecule has 1 atom stereocenters. The van der Waals surface area contributed by atoms with E-state index in [1.807, 2.05) is 24.3 Å². The Kier molecular flexibility index (Phi) is 4.42. The molecule has 1 fully saturated rings. The third-order valence-electron chi connectivity index (χ3n) is 3.29. The summed E-state index contributed by atoms with van der Waals surface area (Å²) in [7, 11) is 1.67. The van der Waals surface area contributed by atoms with Gasteiger partial charge in [-0.3, -0.25) is 0 Å². The van der Waals surface area contributed by atoms with Crippen molar-refractivity contribution in [3.63, 3.8) is 0 Å². The summed E-state index contributed by atoms with van der Waals surface area (Å²) in [5.74, 6) is 1.59. The molecular formula is C14H20N2OS. The largest absolute Gasteiger partial charge is 0.497 e. The third kappa shape index (κ3) is 3.35. The van der Waals surface area contributed by atoms with Gasteiger partial charge in [0, 0.05) is 18.8 Å². The molecule has 1 aliphatic heterocycles. The molecule has 4 heteroatoms. The first-order valence-corrected chi connectivity index (χ1v) is 6.80. The molecule has 2 rings (SSSR count). The van der Waals surface area contributed by atoms with Gasteiger partial charge in [-0.15, -0.1) is 0 Å². The molecule has 0 aromatic heterocycles. The van der Waals surface area contributed by atoms with Crippen LogP contribution in [0.2, 0.25) is 0 Å². The Morgan fingerprint density at radius 3 is 2.72 bits per heavy atom. The standard InChI is InChI=1S/C14H20N2OS/c1-11-4-3-9-16(10-11)14(18)15-12-5-7-13(17-2)8-6-12/h5-8,11H,3-4,9-10H2,1-2H3,(H,15,18). The number of benzene rings is 1. The summed E-state index contributed by atoms with van der Waals surface area (Å²) in [5.41, 5.74) is 1.01. The molecule has 1 aliphatic rings. The van der Waals surface area contributed by atoms with Gasteiger partial charge in [-0.2, -0.15) is 0 Å². The molecule has 1 aromatic rings. The second-order valence-electron chi connectivity index (χ2n) is 4.85. The van der Waals surface area contributed by atoms with Gasteiger partial charge in [0.15, 0.2) is 5.11 Å². The van der Waals surface area contributed by atoms with Crippen molar-refractivity contribution >= 4 is 23.0 Å². The molecule has 0 bridgehead atoms. The van der Waals surface area contributed by atoms with E-state index in [-0.39, 0.29) is 0 Å². The number of nitrogens with one attached hydrogen (secondary N) is 1. The van der Waals surface area contributed by atoms with Crippen LogP contribution in [0.3, 0.4) is 0 Å². The Bertz CT molecular complexity index is 405. The quantitative estimate of drug-likeness (QED) is 0.830. The predicted octanol–water partition coefficient (Wildman–Crippen LogP) is 3.12. The van der Waals surface area contributed by atoms with Crippen molar-refractivity contribution in [3.05, 3.63) is 24.3 Å². The van der Waals surface area contributed by atoms with Crippen LogP contribution in [0.5, 0.6) is 5.75 Å². The van der Waals surface area contributed by atoms with Gasteiger partial charge in [-0.05, 0) is 55.2 Å². The maximum atomic E-state index is 5.45. The molecule has 1 N–H and O–H groups in total. The lowest BCUT2D eigenvalue weighted by molar-refractivity contribution is 0.276. The van der Waals surface area contributed by atoms with Gasteiger partial charge < -0.3 is 15.0 Å². The van der Waals surface area contributed by atoms with Gasteiger partial charge in [0.2, 0.25) is 0 Å². The first-order chi connectivity index (χ1) is 8.69. The van der Waals surface area contributed by atoms with Crippen LogP contribution in [-0.4, -0.2) is 30.2 Å². The van der Waals surface area contributed by atoms with Crippen LogP contribution in [0.25, 0.3) is 0 Å². The lowest BCUT2D eigenvalue weighted by Gasteiger charge is -2.33. The minimum absolute atomic E-state index is 0.731. The van der Waals surface area contributed by atoms with Gasteiger partial charge in [0.05, 0.1) is 7.11 Å². The molecule has 0 saturated carbocycles. The normalized spacial score (nSPS) is 19.4. The fourth-order valence-corrected chi connectivity index (χ4v) is 2.53. The number of methoxy groups -OCH3 is 1. The second-order valence-corrected chi connectivity index (χ2v) is 5.24. The van der Waals surface area contributed by atoms with Crippen molar-refractivity contribution in [3.8, 4) is 5.75 Å². The summed E-state index contributed by atoms with van der Waals surface area (Å²) in [4.78, 5) is 2.26. The smallest absolute Gasteiger partial charge is 0.173 e. The highest BCUT2D eigenvalue weighted by atomic mass is 32.1. The van der Waals surface area contributed by atoms with Crippen LogP contribution in [0.15, 0.2) is 24.3 Å². The van der Waals surface area contributed by atoms with Gasteiger partial charge in [0.1, 0.15) is 5.75 Å². The number of hydrogen-bond donors (Lipinski definition) is 1. The SMILES string of the molecule is COc1ccc(NC(=S)N2CCCC(C)C2)cc1. The van der Waals surface area contributed by atoms with Gasteiger partial charge in [-0.1, -0.05) is 6.92 Å². The van der Waals surface area contributed by atoms with E-state index in [1.165, 1.54) is 12.8 Å². The van der Waals surface area contributed by atoms with E-state index in [0.717, 1.165) is 35.6 Å². The summed E-state index contributed by atoms with van der Waals surface area (Å²) in [6.45, 7) is 4.40. The van der Waals surface area contributed by atoms with Crippen molar-refractivity contribution in [1.29, 1.82) is 0 Å². The number of nitrogens with zero attached hydrogens (tertiary/aromatic N) is 1. The van der Waals surface area contributed by atoms with Crippen LogP contribution in [-0.2, 0) is 0 Å². The maximum absolute atomic E-state index is 5.45. The molecule has 1 heterocycles. The average molecular weight is 264 g/mol. The van der Waals surface area contributed by atoms with Crippen LogP contribution >= 0.6 is 12.2 Å². The minimum atomic E-state index is 0.731. The fraction of sp³-hybridized carbons (Fsp3) is 0.500. The highest BCUT2D eigenvalue weighted by Crippen LogP contribution is 2.18. The Balaban J connectivity index is 1.93. The second kappa shape index (κ2) is 6.05. The lowest BCUT2D eigenvalue weighted by Crippen LogP contribution is -2.41. The molecule has 1 aromatic carbocycles. The van der Waals surface area contributed by atoms with E-state index in [4.69, 9.17) is 17.0 Å². The number of ether oxygens (including phenoxy) is 1. The van der Waals surface area contributed by atoms with E-state index < -0.39 is 0 Å². The number of likely N-dealkylation sites (tertiary alicyclic amines) is 1. The fourth-order valence-electron chi connectivity index (χ4n) is 2.25. The van der Waals surface area contributed by atoms with E-state index in [1.54, 1.807) is 7.11 Å². The van der Waals surface area contributed by atoms with Gasteiger partial charge >= 0.3 is 0 Å². The van der Waals surface area contributed by atoms with Crippen LogP contribution in [0.1, 0.15) is 19.8 Å². The summed E-state index contributed by atoms with van der Waals surface area (Å²) >= 11 is 5.45. The predicted molar refractivity (Wildman–Crippen MR) is 79.2 cm³/mol. The number of thiocarbonyl (C=S) groups is 1. The lowest BCUT2D eigenvalue weighted by atomic mass is 10.0. The topological polar surface area (TPSA) is 24.5 Å². The molecule has 18 heavy (non-hydrogen) atoms. The average Bonchev–Trinajstić information content (AvgIpc) is 2.39. The van der Waals surface area contributed by atoms with Crippen molar-refractivity contribution < 1.29 is 4.74 Å². The molecule has 3 nitrogen and oxygen atoms in total. The van der Waals surface area contributed by atoms with Crippen molar-refractivity contribution in [2.45, 2.75) is 19.8 Å². The summed E-state index contributed by atoms with van der Waals surface area (Å²) < 4.78 is 5.13. The molecule has 0 aliphatic carbocycles. The van der Waals surface area contributed by atoms with E-state index in [0.29, 0.717) is 0 Å². The molecule has 1 saturated heterocycles. The van der Waals surface area contributed by atoms with E-state index in [2.05, 4.69) is 17.1 Å². The van der Waals surface area contributed by atoms with Crippen molar-refractivity contribution in [2.24, 2.45) is 5.92 Å². The van der Waals surface area contributed by atoms with E-state index >= 15 is 0 Å². The number of piperidine rings is 1. The van der Waals surface area contributed by atoms with E-state index in [9.17, 15) is 0 Å². The maximum Gasteiger partial charge on any atom is 0.173 e. The van der Waals surface area contributed by atoms with Crippen LogP contribution < -0.4 is 10.1 Å². The number of hydrogen-bond acceptors (Lipinski definition) is 2. The number of rotatable bonds is 2. The highest BCUT2D eigenvalue weighted by molar-refractivity contribution is 7.80. The zero-order valence-electron chi connectivity index (χ0n) is 11.0.